The van der Waals surface area contributed by atoms with E-state index in [9.17, 15) is 4.79 Å². The van der Waals surface area contributed by atoms with Crippen molar-refractivity contribution in [2.45, 2.75) is 26.8 Å². The van der Waals surface area contributed by atoms with Gasteiger partial charge in [0.05, 0.1) is 18.5 Å². The number of para-hydroxylation sites is 1. The van der Waals surface area contributed by atoms with Gasteiger partial charge >= 0.3 is 0 Å². The van der Waals surface area contributed by atoms with E-state index in [0.717, 1.165) is 18.8 Å². The average molecular weight is 342 g/mol. The van der Waals surface area contributed by atoms with E-state index in [1.54, 1.807) is 10.9 Å². The smallest absolute Gasteiger partial charge is 0.278 e. The van der Waals surface area contributed by atoms with Crippen LogP contribution in [0.3, 0.4) is 0 Å². The van der Waals surface area contributed by atoms with Crippen LogP contribution in [0.15, 0.2) is 36.5 Å². The van der Waals surface area contributed by atoms with E-state index < -0.39 is 0 Å². The first-order valence-corrected chi connectivity index (χ1v) is 8.86. The third-order valence-electron chi connectivity index (χ3n) is 4.24. The monoisotopic (exact) mass is 342 g/mol. The summed E-state index contributed by atoms with van der Waals surface area (Å²) in [5.74, 6) is 0.858. The molecule has 1 atom stereocenters. The number of rotatable bonds is 5. The molecule has 1 amide bonds. The zero-order chi connectivity index (χ0) is 17.8. The van der Waals surface area contributed by atoms with Gasteiger partial charge in [-0.05, 0) is 25.0 Å². The predicted molar refractivity (Wildman–Crippen MR) is 97.3 cm³/mol. The average Bonchev–Trinajstić information content (AvgIpc) is 3.05. The van der Waals surface area contributed by atoms with Crippen LogP contribution in [0.25, 0.3) is 5.69 Å². The van der Waals surface area contributed by atoms with Crippen LogP contribution in [0, 0.1) is 5.92 Å². The first kappa shape index (κ1) is 17.5. The van der Waals surface area contributed by atoms with Crippen molar-refractivity contribution in [3.8, 4) is 11.4 Å². The maximum Gasteiger partial charge on any atom is 0.278 e. The molecule has 25 heavy (non-hydrogen) atoms. The lowest BCUT2D eigenvalue weighted by atomic mass is 10.2. The Balaban J connectivity index is 1.92. The minimum absolute atomic E-state index is 0.0672. The highest BCUT2D eigenvalue weighted by atomic mass is 16.5. The quantitative estimate of drug-likeness (QED) is 0.906. The maximum absolute atomic E-state index is 13.1. The largest absolute Gasteiger partial charge is 0.489 e. The van der Waals surface area contributed by atoms with E-state index in [4.69, 9.17) is 4.74 Å². The van der Waals surface area contributed by atoms with Crippen molar-refractivity contribution in [3.63, 3.8) is 0 Å². The van der Waals surface area contributed by atoms with Gasteiger partial charge in [0.15, 0.2) is 11.4 Å². The molecule has 1 N–H and O–H groups in total. The van der Waals surface area contributed by atoms with Crippen LogP contribution in [0.2, 0.25) is 0 Å². The van der Waals surface area contributed by atoms with Crippen LogP contribution >= 0.6 is 0 Å². The van der Waals surface area contributed by atoms with E-state index >= 15 is 0 Å². The SMILES string of the molecule is CC(C)COc1cn(-c2ccccc2)nc1C(=O)N1CCNCC1C. The number of nitrogens with one attached hydrogen (secondary N) is 1. The summed E-state index contributed by atoms with van der Waals surface area (Å²) in [5.41, 5.74) is 1.29. The predicted octanol–water partition coefficient (Wildman–Crippen LogP) is 2.34. The molecule has 0 bridgehead atoms. The summed E-state index contributed by atoms with van der Waals surface area (Å²) in [6.07, 6.45) is 1.80. The molecule has 1 aliphatic heterocycles. The number of amides is 1. The minimum Gasteiger partial charge on any atom is -0.489 e. The highest BCUT2D eigenvalue weighted by molar-refractivity contribution is 5.95. The zero-order valence-corrected chi connectivity index (χ0v) is 15.1. The molecular weight excluding hydrogens is 316 g/mol. The van der Waals surface area contributed by atoms with Gasteiger partial charge < -0.3 is 15.0 Å². The lowest BCUT2D eigenvalue weighted by Crippen LogP contribution is -2.52. The number of hydrogen-bond acceptors (Lipinski definition) is 4. The molecule has 6 heteroatoms. The molecule has 0 aliphatic carbocycles. The van der Waals surface area contributed by atoms with Crippen molar-refractivity contribution in [1.29, 1.82) is 0 Å². The molecule has 1 aromatic carbocycles. The summed E-state index contributed by atoms with van der Waals surface area (Å²) in [5, 5.41) is 7.85. The first-order chi connectivity index (χ1) is 12.1. The lowest BCUT2D eigenvalue weighted by Gasteiger charge is -2.33. The second-order valence-corrected chi connectivity index (χ2v) is 6.88. The van der Waals surface area contributed by atoms with E-state index in [-0.39, 0.29) is 11.9 Å². The molecule has 0 spiro atoms. The topological polar surface area (TPSA) is 59.4 Å². The Kier molecular flexibility index (Phi) is 5.38. The Morgan fingerprint density at radius 1 is 1.36 bits per heavy atom. The van der Waals surface area contributed by atoms with E-state index in [2.05, 4.69) is 24.3 Å². The van der Waals surface area contributed by atoms with E-state index in [0.29, 0.717) is 30.5 Å². The van der Waals surface area contributed by atoms with Crippen molar-refractivity contribution < 1.29 is 9.53 Å². The third kappa shape index (κ3) is 4.02. The number of carbonyl (C=O) groups excluding carboxylic acids is 1. The number of nitrogens with zero attached hydrogens (tertiary/aromatic N) is 3. The molecule has 2 heterocycles. The van der Waals surface area contributed by atoms with Gasteiger partial charge in [0.25, 0.3) is 5.91 Å². The fraction of sp³-hybridized carbons (Fsp3) is 0.474. The van der Waals surface area contributed by atoms with Gasteiger partial charge in [-0.15, -0.1) is 0 Å². The number of piperazine rings is 1. The molecule has 6 nitrogen and oxygen atoms in total. The summed E-state index contributed by atoms with van der Waals surface area (Å²) in [6.45, 7) is 9.06. The Bertz CT molecular complexity index is 711. The fourth-order valence-electron chi connectivity index (χ4n) is 2.86. The molecule has 3 rings (SSSR count). The standard InChI is InChI=1S/C19H26N4O2/c1-14(2)13-25-17-12-23(16-7-5-4-6-8-16)21-18(17)19(24)22-10-9-20-11-15(22)3/h4-8,12,14-15,20H,9-11,13H2,1-3H3. The normalized spacial score (nSPS) is 17.8. The summed E-state index contributed by atoms with van der Waals surface area (Å²) < 4.78 is 7.62. The van der Waals surface area contributed by atoms with Gasteiger partial charge in [-0.3, -0.25) is 4.79 Å². The van der Waals surface area contributed by atoms with Gasteiger partial charge in [0.1, 0.15) is 0 Å². The Hall–Kier alpha value is -2.34. The molecule has 1 saturated heterocycles. The number of ether oxygens (including phenoxy) is 1. The molecule has 1 fully saturated rings. The lowest BCUT2D eigenvalue weighted by molar-refractivity contribution is 0.0644. The van der Waals surface area contributed by atoms with Crippen LogP contribution in [-0.2, 0) is 0 Å². The van der Waals surface area contributed by atoms with Crippen LogP contribution in [-0.4, -0.2) is 52.9 Å². The molecule has 2 aromatic rings. The van der Waals surface area contributed by atoms with Crippen molar-refractivity contribution in [1.82, 2.24) is 20.0 Å². The van der Waals surface area contributed by atoms with Gasteiger partial charge in [-0.25, -0.2) is 4.68 Å². The first-order valence-electron chi connectivity index (χ1n) is 8.86. The van der Waals surface area contributed by atoms with Gasteiger partial charge in [-0.2, -0.15) is 5.10 Å². The van der Waals surface area contributed by atoms with Crippen LogP contribution in [0.4, 0.5) is 0 Å². The van der Waals surface area contributed by atoms with Crippen LogP contribution < -0.4 is 10.1 Å². The maximum atomic E-state index is 13.1. The zero-order valence-electron chi connectivity index (χ0n) is 15.1. The number of benzene rings is 1. The number of aromatic nitrogens is 2. The molecule has 0 saturated carbocycles. The molecule has 1 unspecified atom stereocenters. The molecular formula is C19H26N4O2. The second kappa shape index (κ2) is 7.70. The Morgan fingerprint density at radius 3 is 2.80 bits per heavy atom. The van der Waals surface area contributed by atoms with Crippen LogP contribution in [0.1, 0.15) is 31.3 Å². The number of carbonyl (C=O) groups is 1. The molecule has 1 aromatic heterocycles. The molecule has 134 valence electrons. The summed E-state index contributed by atoms with van der Waals surface area (Å²) in [7, 11) is 0. The van der Waals surface area contributed by atoms with Gasteiger partial charge in [-0.1, -0.05) is 32.0 Å². The van der Waals surface area contributed by atoms with E-state index in [1.165, 1.54) is 0 Å². The summed E-state index contributed by atoms with van der Waals surface area (Å²) in [6, 6.07) is 9.91. The Morgan fingerprint density at radius 2 is 2.12 bits per heavy atom. The highest BCUT2D eigenvalue weighted by Gasteiger charge is 2.29. The van der Waals surface area contributed by atoms with Crippen molar-refractivity contribution in [2.75, 3.05) is 26.2 Å². The molecule has 0 radical (unpaired) electrons. The van der Waals surface area contributed by atoms with E-state index in [1.807, 2.05) is 42.2 Å². The van der Waals surface area contributed by atoms with Gasteiger partial charge in [0, 0.05) is 25.7 Å². The highest BCUT2D eigenvalue weighted by Crippen LogP contribution is 2.23. The van der Waals surface area contributed by atoms with Crippen LogP contribution in [0.5, 0.6) is 5.75 Å². The fourth-order valence-corrected chi connectivity index (χ4v) is 2.86. The molecule has 1 aliphatic rings. The van der Waals surface area contributed by atoms with Gasteiger partial charge in [0.2, 0.25) is 0 Å². The Labute approximate surface area is 148 Å². The number of hydrogen-bond donors (Lipinski definition) is 1. The van der Waals surface area contributed by atoms with Crippen molar-refractivity contribution >= 4 is 5.91 Å². The summed E-state index contributed by atoms with van der Waals surface area (Å²) in [4.78, 5) is 14.9. The summed E-state index contributed by atoms with van der Waals surface area (Å²) >= 11 is 0. The van der Waals surface area contributed by atoms with Crippen molar-refractivity contribution in [2.24, 2.45) is 5.92 Å². The second-order valence-electron chi connectivity index (χ2n) is 6.88. The van der Waals surface area contributed by atoms with Crippen molar-refractivity contribution in [3.05, 3.63) is 42.2 Å². The third-order valence-corrected chi connectivity index (χ3v) is 4.24. The minimum atomic E-state index is -0.0672.